The molecule has 1 fully saturated rings. The molecule has 14 heteroatoms. The van der Waals surface area contributed by atoms with Crippen LogP contribution in [0.1, 0.15) is 39.9 Å². The molecule has 0 unspecified atom stereocenters. The number of nitrogens with two attached hydrogens (primary N) is 1. The molecule has 0 spiro atoms. The van der Waals surface area contributed by atoms with Crippen molar-refractivity contribution in [1.82, 2.24) is 15.5 Å². The predicted molar refractivity (Wildman–Crippen MR) is 196 cm³/mol. The minimum atomic E-state index is -0.713. The van der Waals surface area contributed by atoms with Gasteiger partial charge in [0.05, 0.1) is 32.9 Å². The third-order valence-corrected chi connectivity index (χ3v) is 9.26. The Morgan fingerprint density at radius 2 is 1.65 bits per heavy atom. The number of fused-ring (bicyclic) bond motifs is 5. The number of rotatable bonds is 7. The van der Waals surface area contributed by atoms with E-state index in [0.717, 1.165) is 5.56 Å². The fraction of sp³-hybridized carbons (Fsp3) is 0.325. The summed E-state index contributed by atoms with van der Waals surface area (Å²) in [7, 11) is 4.54. The molecule has 54 heavy (non-hydrogen) atoms. The van der Waals surface area contributed by atoms with Gasteiger partial charge < -0.3 is 49.7 Å². The van der Waals surface area contributed by atoms with Crippen LogP contribution in [0.2, 0.25) is 0 Å². The highest BCUT2D eigenvalue weighted by atomic mass is 19.1. The number of nitrogens with one attached hydrogen (secondary N) is 2. The lowest BCUT2D eigenvalue weighted by atomic mass is 10.00. The van der Waals surface area contributed by atoms with Crippen LogP contribution in [0.25, 0.3) is 0 Å². The highest BCUT2D eigenvalue weighted by Crippen LogP contribution is 2.37. The highest BCUT2D eigenvalue weighted by Gasteiger charge is 2.35. The lowest BCUT2D eigenvalue weighted by Gasteiger charge is -2.39. The predicted octanol–water partition coefficient (Wildman–Crippen LogP) is 4.52. The molecule has 4 aromatic rings. The van der Waals surface area contributed by atoms with Crippen molar-refractivity contribution in [2.24, 2.45) is 5.73 Å². The molecule has 4 bridgehead atoms. The Labute approximate surface area is 312 Å². The largest absolute Gasteiger partial charge is 0.496 e. The third-order valence-electron chi connectivity index (χ3n) is 9.26. The van der Waals surface area contributed by atoms with Gasteiger partial charge in [0.25, 0.3) is 11.8 Å². The van der Waals surface area contributed by atoms with Crippen molar-refractivity contribution in [3.63, 3.8) is 0 Å². The van der Waals surface area contributed by atoms with E-state index in [4.69, 9.17) is 34.2 Å². The normalized spacial score (nSPS) is 17.6. The first-order chi connectivity index (χ1) is 26.2. The van der Waals surface area contributed by atoms with Crippen LogP contribution in [-0.2, 0) is 29.1 Å². The fourth-order valence-corrected chi connectivity index (χ4v) is 6.51. The second kappa shape index (κ2) is 17.2. The Morgan fingerprint density at radius 3 is 2.43 bits per heavy atom. The molecule has 6 rings (SSSR count). The summed E-state index contributed by atoms with van der Waals surface area (Å²) in [4.78, 5) is 41.8. The van der Waals surface area contributed by atoms with Gasteiger partial charge in [-0.05, 0) is 72.1 Å². The molecule has 2 aliphatic rings. The molecule has 1 saturated heterocycles. The number of likely N-dealkylation sites (tertiary alicyclic amines) is 1. The number of amides is 3. The number of hydrogen-bond acceptors (Lipinski definition) is 10. The van der Waals surface area contributed by atoms with Crippen molar-refractivity contribution < 1.29 is 47.2 Å². The smallest absolute Gasteiger partial charge is 0.258 e. The molecule has 2 atom stereocenters. The average molecular weight is 743 g/mol. The molecular weight excluding hydrogens is 699 g/mol. The summed E-state index contributed by atoms with van der Waals surface area (Å²) < 4.78 is 49.6. The van der Waals surface area contributed by atoms with Gasteiger partial charge in [-0.3, -0.25) is 14.4 Å². The van der Waals surface area contributed by atoms with E-state index in [2.05, 4.69) is 10.6 Å². The number of carbonyl (C=O) groups is 3. The van der Waals surface area contributed by atoms with Crippen LogP contribution in [0, 0.1) is 5.82 Å². The zero-order valence-corrected chi connectivity index (χ0v) is 30.3. The number of benzene rings is 4. The van der Waals surface area contributed by atoms with Crippen LogP contribution >= 0.6 is 0 Å². The molecule has 4 aromatic carbocycles. The average Bonchev–Trinajstić information content (AvgIpc) is 3.18. The summed E-state index contributed by atoms with van der Waals surface area (Å²) >= 11 is 0. The van der Waals surface area contributed by atoms with Crippen molar-refractivity contribution in [2.45, 2.75) is 44.5 Å². The van der Waals surface area contributed by atoms with Crippen molar-refractivity contribution in [3.05, 3.63) is 101 Å². The maximum absolute atomic E-state index is 14.8. The van der Waals surface area contributed by atoms with Gasteiger partial charge in [-0.25, -0.2) is 4.39 Å². The highest BCUT2D eigenvalue weighted by molar-refractivity contribution is 5.95. The van der Waals surface area contributed by atoms with Crippen molar-refractivity contribution in [3.8, 4) is 40.2 Å². The van der Waals surface area contributed by atoms with Gasteiger partial charge >= 0.3 is 0 Å². The molecule has 0 saturated carbocycles. The summed E-state index contributed by atoms with van der Waals surface area (Å²) in [6.45, 7) is 0.223. The molecule has 2 aliphatic heterocycles. The lowest BCUT2D eigenvalue weighted by molar-refractivity contribution is -0.125. The molecule has 2 heterocycles. The summed E-state index contributed by atoms with van der Waals surface area (Å²) in [6.07, 6.45) is 0.253. The first-order valence-corrected chi connectivity index (χ1v) is 17.5. The molecule has 3 amide bonds. The fourth-order valence-electron chi connectivity index (χ4n) is 6.51. The monoisotopic (exact) mass is 742 g/mol. The van der Waals surface area contributed by atoms with Crippen LogP contribution in [0.3, 0.4) is 0 Å². The van der Waals surface area contributed by atoms with Crippen LogP contribution in [0.5, 0.6) is 40.2 Å². The summed E-state index contributed by atoms with van der Waals surface area (Å²) in [5.41, 5.74) is 8.29. The Morgan fingerprint density at radius 1 is 0.870 bits per heavy atom. The zero-order chi connectivity index (χ0) is 38.2. The minimum Gasteiger partial charge on any atom is -0.496 e. The van der Waals surface area contributed by atoms with Gasteiger partial charge in [-0.2, -0.15) is 0 Å². The Kier molecular flexibility index (Phi) is 12.0. The SMILES string of the molecule is COc1ccc2cc1OCC(=O)N[C@@H]1CN(C(=O)c3ccc(OC)c(Oc4cccc(OC)c4CN)c3)CC[C@H]1Oc1cc(F)cc(c1)CNC(=O)CC2. The van der Waals surface area contributed by atoms with Gasteiger partial charge in [0.15, 0.2) is 29.6 Å². The van der Waals surface area contributed by atoms with Gasteiger partial charge in [-0.15, -0.1) is 0 Å². The summed E-state index contributed by atoms with van der Waals surface area (Å²) in [6, 6.07) is 19.0. The summed E-state index contributed by atoms with van der Waals surface area (Å²) in [5.74, 6) is 1.17. The van der Waals surface area contributed by atoms with Crippen LogP contribution in [0.4, 0.5) is 4.39 Å². The first kappa shape index (κ1) is 37.7. The van der Waals surface area contributed by atoms with Crippen LogP contribution in [-0.4, -0.2) is 75.8 Å². The van der Waals surface area contributed by atoms with E-state index in [1.807, 2.05) is 6.07 Å². The van der Waals surface area contributed by atoms with Gasteiger partial charge in [0.2, 0.25) is 5.91 Å². The number of aryl methyl sites for hydroxylation is 1. The molecule has 13 nitrogen and oxygen atoms in total. The Hall–Kier alpha value is -6.02. The number of nitrogens with zero attached hydrogens (tertiary/aromatic N) is 1. The topological polar surface area (TPSA) is 160 Å². The molecule has 0 aliphatic carbocycles. The number of halogens is 1. The number of piperidine rings is 1. The van der Waals surface area contributed by atoms with Crippen molar-refractivity contribution in [1.29, 1.82) is 0 Å². The number of methoxy groups -OCH3 is 3. The third kappa shape index (κ3) is 8.94. The second-order valence-corrected chi connectivity index (χ2v) is 12.8. The number of ether oxygens (including phenoxy) is 6. The maximum Gasteiger partial charge on any atom is 0.258 e. The van der Waals surface area contributed by atoms with E-state index >= 15 is 0 Å². The van der Waals surface area contributed by atoms with E-state index in [-0.39, 0.29) is 56.8 Å². The van der Waals surface area contributed by atoms with E-state index < -0.39 is 23.9 Å². The quantitative estimate of drug-likeness (QED) is 0.246. The standard InChI is InChI=1S/C40H43FN4O9/c1-49-31-5-4-6-32(29(31)20-42)54-37-18-26(9-11-35(37)51-3)40(48)45-14-13-33-30(22-45)44-39(47)23-52-36-17-24(7-10-34(36)50-2)8-12-38(46)43-21-25-15-27(41)19-28(16-25)53-33/h4-7,9-11,15-19,30,33H,8,12-14,20-23,42H2,1-3H3,(H,43,46)(H,44,47)/t30-,33-/m1/s1. The van der Waals surface area contributed by atoms with Gasteiger partial charge in [0, 0.05) is 50.7 Å². The van der Waals surface area contributed by atoms with Crippen molar-refractivity contribution >= 4 is 17.7 Å². The van der Waals surface area contributed by atoms with E-state index in [9.17, 15) is 18.8 Å². The van der Waals surface area contributed by atoms with Crippen molar-refractivity contribution in [2.75, 3.05) is 41.0 Å². The van der Waals surface area contributed by atoms with E-state index in [1.165, 1.54) is 26.4 Å². The summed E-state index contributed by atoms with van der Waals surface area (Å²) in [5, 5.41) is 5.81. The number of carbonyl (C=O) groups excluding carboxylic acids is 3. The van der Waals surface area contributed by atoms with Gasteiger partial charge in [0.1, 0.15) is 29.2 Å². The Bertz CT molecular complexity index is 2010. The van der Waals surface area contributed by atoms with E-state index in [1.54, 1.807) is 66.6 Å². The van der Waals surface area contributed by atoms with Crippen LogP contribution in [0.15, 0.2) is 72.8 Å². The maximum atomic E-state index is 14.8. The molecule has 0 radical (unpaired) electrons. The lowest BCUT2D eigenvalue weighted by Crippen LogP contribution is -2.58. The first-order valence-electron chi connectivity index (χ1n) is 17.5. The zero-order valence-electron chi connectivity index (χ0n) is 30.3. The molecule has 4 N–H and O–H groups in total. The van der Waals surface area contributed by atoms with E-state index in [0.29, 0.717) is 64.0 Å². The molecular formula is C40H43FN4O9. The molecule has 0 aromatic heterocycles. The minimum absolute atomic E-state index is 0.0711. The molecule has 284 valence electrons. The van der Waals surface area contributed by atoms with Crippen LogP contribution < -0.4 is 44.8 Å². The Balaban J connectivity index is 1.26. The van der Waals surface area contributed by atoms with Gasteiger partial charge in [-0.1, -0.05) is 12.1 Å². The number of hydrogen-bond donors (Lipinski definition) is 3. The second-order valence-electron chi connectivity index (χ2n) is 12.8.